The number of guanidine groups is 1. The fourth-order valence-corrected chi connectivity index (χ4v) is 2.25. The van der Waals surface area contributed by atoms with Gasteiger partial charge in [-0.15, -0.1) is 24.0 Å². The molecule has 1 aliphatic rings. The van der Waals surface area contributed by atoms with Crippen LogP contribution in [0.1, 0.15) is 11.3 Å². The zero-order valence-corrected chi connectivity index (χ0v) is 15.7. The van der Waals surface area contributed by atoms with E-state index in [0.29, 0.717) is 6.54 Å². The molecule has 6 nitrogen and oxygen atoms in total. The van der Waals surface area contributed by atoms with Gasteiger partial charge in [0.05, 0.1) is 25.5 Å². The molecule has 1 aromatic heterocycles. The summed E-state index contributed by atoms with van der Waals surface area (Å²) in [5.41, 5.74) is 2.24. The van der Waals surface area contributed by atoms with Gasteiger partial charge in [-0.05, 0) is 18.6 Å². The molecule has 0 unspecified atom stereocenters. The Morgan fingerprint density at radius 3 is 2.82 bits per heavy atom. The molecule has 0 atom stereocenters. The van der Waals surface area contributed by atoms with E-state index < -0.39 is 0 Å². The quantitative estimate of drug-likeness (QED) is 0.424. The Kier molecular flexibility index (Phi) is 9.33. The third-order valence-electron chi connectivity index (χ3n) is 3.59. The van der Waals surface area contributed by atoms with Crippen molar-refractivity contribution >= 4 is 29.9 Å². The maximum atomic E-state index is 5.34. The Hall–Kier alpha value is -0.930. The Morgan fingerprint density at radius 1 is 1.36 bits per heavy atom. The van der Waals surface area contributed by atoms with Crippen LogP contribution in [0.2, 0.25) is 0 Å². The molecule has 124 valence electrons. The molecule has 0 aliphatic carbocycles. The van der Waals surface area contributed by atoms with Crippen LogP contribution in [0.15, 0.2) is 23.3 Å². The Balaban J connectivity index is 0.00000242. The number of halogens is 1. The summed E-state index contributed by atoms with van der Waals surface area (Å²) in [6, 6.07) is 4.02. The van der Waals surface area contributed by atoms with E-state index in [4.69, 9.17) is 4.74 Å². The lowest BCUT2D eigenvalue weighted by Crippen LogP contribution is -2.44. The summed E-state index contributed by atoms with van der Waals surface area (Å²) in [6.07, 6.45) is 1.82. The first kappa shape index (κ1) is 19.1. The molecule has 0 radical (unpaired) electrons. The maximum absolute atomic E-state index is 5.34. The summed E-state index contributed by atoms with van der Waals surface area (Å²) in [7, 11) is 1.79. The molecule has 2 rings (SSSR count). The number of aryl methyl sites for hydroxylation is 1. The predicted octanol–water partition coefficient (Wildman–Crippen LogP) is 1.01. The molecule has 0 saturated carbocycles. The van der Waals surface area contributed by atoms with Crippen molar-refractivity contribution in [3.05, 3.63) is 29.6 Å². The monoisotopic (exact) mass is 419 g/mol. The van der Waals surface area contributed by atoms with Gasteiger partial charge in [-0.25, -0.2) is 0 Å². The number of aromatic nitrogens is 1. The van der Waals surface area contributed by atoms with Crippen LogP contribution in [0.25, 0.3) is 0 Å². The Morgan fingerprint density at radius 2 is 2.14 bits per heavy atom. The molecule has 1 aromatic rings. The van der Waals surface area contributed by atoms with Crippen LogP contribution in [0, 0.1) is 6.92 Å². The SMILES string of the molecule is CN=C(NCCN1CCOCC1)NCc1ncccc1C.I. The number of nitrogens with zero attached hydrogens (tertiary/aromatic N) is 3. The average Bonchev–Trinajstić information content (AvgIpc) is 2.53. The van der Waals surface area contributed by atoms with E-state index in [1.165, 1.54) is 5.56 Å². The molecule has 0 aromatic carbocycles. The molecular weight excluding hydrogens is 393 g/mol. The highest BCUT2D eigenvalue weighted by atomic mass is 127. The Bertz CT molecular complexity index is 463. The smallest absolute Gasteiger partial charge is 0.191 e. The third-order valence-corrected chi connectivity index (χ3v) is 3.59. The van der Waals surface area contributed by atoms with E-state index in [1.807, 2.05) is 12.3 Å². The second-order valence-corrected chi connectivity index (χ2v) is 5.07. The molecule has 7 heteroatoms. The molecule has 1 aliphatic heterocycles. The number of hydrogen-bond acceptors (Lipinski definition) is 4. The number of aliphatic imine (C=N–C) groups is 1. The number of nitrogens with one attached hydrogen (secondary N) is 2. The minimum absolute atomic E-state index is 0. The van der Waals surface area contributed by atoms with Crippen LogP contribution in [0.3, 0.4) is 0 Å². The van der Waals surface area contributed by atoms with E-state index >= 15 is 0 Å². The van der Waals surface area contributed by atoms with Crippen molar-refractivity contribution in [2.45, 2.75) is 13.5 Å². The normalized spacial score (nSPS) is 16.0. The predicted molar refractivity (Wildman–Crippen MR) is 99.8 cm³/mol. The first-order valence-electron chi connectivity index (χ1n) is 7.44. The largest absolute Gasteiger partial charge is 0.379 e. The molecule has 1 fully saturated rings. The fraction of sp³-hybridized carbons (Fsp3) is 0.600. The lowest BCUT2D eigenvalue weighted by atomic mass is 10.2. The van der Waals surface area contributed by atoms with Crippen molar-refractivity contribution in [3.63, 3.8) is 0 Å². The van der Waals surface area contributed by atoms with Crippen LogP contribution in [-0.2, 0) is 11.3 Å². The second kappa shape index (κ2) is 10.7. The molecule has 0 spiro atoms. The average molecular weight is 419 g/mol. The zero-order valence-electron chi connectivity index (χ0n) is 13.3. The molecule has 0 bridgehead atoms. The topological polar surface area (TPSA) is 61.8 Å². The van der Waals surface area contributed by atoms with Crippen LogP contribution in [0.4, 0.5) is 0 Å². The maximum Gasteiger partial charge on any atom is 0.191 e. The van der Waals surface area contributed by atoms with E-state index in [0.717, 1.165) is 51.0 Å². The van der Waals surface area contributed by atoms with Gasteiger partial charge in [-0.3, -0.25) is 14.9 Å². The first-order valence-corrected chi connectivity index (χ1v) is 7.44. The van der Waals surface area contributed by atoms with Gasteiger partial charge in [0.1, 0.15) is 0 Å². The lowest BCUT2D eigenvalue weighted by Gasteiger charge is -2.26. The minimum Gasteiger partial charge on any atom is -0.379 e. The number of ether oxygens (including phenoxy) is 1. The summed E-state index contributed by atoms with van der Waals surface area (Å²) >= 11 is 0. The van der Waals surface area contributed by atoms with E-state index in [-0.39, 0.29) is 24.0 Å². The summed E-state index contributed by atoms with van der Waals surface area (Å²) in [6.45, 7) is 8.34. The summed E-state index contributed by atoms with van der Waals surface area (Å²) in [5.74, 6) is 0.813. The highest BCUT2D eigenvalue weighted by Crippen LogP contribution is 2.01. The van der Waals surface area contributed by atoms with Gasteiger partial charge in [-0.1, -0.05) is 6.07 Å². The summed E-state index contributed by atoms with van der Waals surface area (Å²) in [4.78, 5) is 11.0. The number of rotatable bonds is 5. The van der Waals surface area contributed by atoms with Crippen LogP contribution >= 0.6 is 24.0 Å². The van der Waals surface area contributed by atoms with Gasteiger partial charge in [0.25, 0.3) is 0 Å². The van der Waals surface area contributed by atoms with Crippen LogP contribution in [-0.4, -0.2) is 62.3 Å². The number of hydrogen-bond donors (Lipinski definition) is 2. The number of pyridine rings is 1. The van der Waals surface area contributed by atoms with Crippen molar-refractivity contribution in [2.75, 3.05) is 46.4 Å². The summed E-state index contributed by atoms with van der Waals surface area (Å²) < 4.78 is 5.34. The molecule has 2 heterocycles. The lowest BCUT2D eigenvalue weighted by molar-refractivity contribution is 0.0389. The van der Waals surface area contributed by atoms with Gasteiger partial charge in [0, 0.05) is 39.4 Å². The molecule has 0 amide bonds. The summed E-state index contributed by atoms with van der Waals surface area (Å²) in [5, 5.41) is 6.63. The number of morpholine rings is 1. The van der Waals surface area contributed by atoms with Crippen molar-refractivity contribution in [3.8, 4) is 0 Å². The molecule has 22 heavy (non-hydrogen) atoms. The van der Waals surface area contributed by atoms with Gasteiger partial charge < -0.3 is 15.4 Å². The van der Waals surface area contributed by atoms with E-state index in [9.17, 15) is 0 Å². The minimum atomic E-state index is 0. The van der Waals surface area contributed by atoms with E-state index in [2.05, 4.69) is 38.5 Å². The zero-order chi connectivity index (χ0) is 14.9. The van der Waals surface area contributed by atoms with E-state index in [1.54, 1.807) is 7.05 Å². The highest BCUT2D eigenvalue weighted by Gasteiger charge is 2.09. The van der Waals surface area contributed by atoms with Crippen LogP contribution < -0.4 is 10.6 Å². The van der Waals surface area contributed by atoms with Gasteiger partial charge in [-0.2, -0.15) is 0 Å². The van der Waals surface area contributed by atoms with Crippen molar-refractivity contribution in [1.29, 1.82) is 0 Å². The van der Waals surface area contributed by atoms with Gasteiger partial charge in [0.2, 0.25) is 0 Å². The molecule has 2 N–H and O–H groups in total. The molecular formula is C15H26IN5O. The second-order valence-electron chi connectivity index (χ2n) is 5.07. The van der Waals surface area contributed by atoms with Gasteiger partial charge >= 0.3 is 0 Å². The fourth-order valence-electron chi connectivity index (χ4n) is 2.25. The van der Waals surface area contributed by atoms with Crippen LogP contribution in [0.5, 0.6) is 0 Å². The first-order chi connectivity index (χ1) is 10.3. The third kappa shape index (κ3) is 6.45. The standard InChI is InChI=1S/C15H25N5O.HI/c1-13-4-3-5-17-14(13)12-19-15(16-2)18-6-7-20-8-10-21-11-9-20;/h3-5H,6-12H2,1-2H3,(H2,16,18,19);1H. The van der Waals surface area contributed by atoms with Crippen molar-refractivity contribution < 1.29 is 4.74 Å². The Labute approximate surface area is 149 Å². The van der Waals surface area contributed by atoms with Gasteiger partial charge in [0.15, 0.2) is 5.96 Å². The highest BCUT2D eigenvalue weighted by molar-refractivity contribution is 14.0. The molecule has 1 saturated heterocycles. The van der Waals surface area contributed by atoms with Crippen molar-refractivity contribution in [1.82, 2.24) is 20.5 Å². The van der Waals surface area contributed by atoms with Crippen molar-refractivity contribution in [2.24, 2.45) is 4.99 Å².